The molecule has 4 N–H and O–H groups in total. The molecule has 0 aliphatic carbocycles. The highest BCUT2D eigenvalue weighted by Crippen LogP contribution is 2.43. The van der Waals surface area contributed by atoms with Gasteiger partial charge in [-0.25, -0.2) is 4.98 Å². The first kappa shape index (κ1) is 15.0. The molecular formula is C8H11FN5O4PS. The van der Waals surface area contributed by atoms with Crippen molar-refractivity contribution in [3.05, 3.63) is 16.7 Å². The number of imidazole rings is 1. The van der Waals surface area contributed by atoms with Gasteiger partial charge in [0.15, 0.2) is 11.2 Å². The molecule has 1 unspecified atom stereocenters. The first-order valence-electron chi connectivity index (χ1n) is 5.32. The Morgan fingerprint density at radius 2 is 2.35 bits per heavy atom. The van der Waals surface area contributed by atoms with Gasteiger partial charge in [0.25, 0.3) is 5.56 Å². The molecule has 0 aromatic carbocycles. The molecule has 0 amide bonds. The number of nitrogens with one attached hydrogen (secondary N) is 1. The monoisotopic (exact) mass is 323 g/mol. The topological polar surface area (TPSA) is 128 Å². The van der Waals surface area contributed by atoms with Gasteiger partial charge in [-0.05, 0) is 11.8 Å². The number of nitrogens with zero attached hydrogens (tertiary/aromatic N) is 3. The van der Waals surface area contributed by atoms with Crippen molar-refractivity contribution in [2.75, 3.05) is 18.9 Å². The number of rotatable bonds is 6. The van der Waals surface area contributed by atoms with Crippen LogP contribution in [0.15, 0.2) is 11.1 Å². The summed E-state index contributed by atoms with van der Waals surface area (Å²) in [6.07, 6.45) is 1.36. The maximum absolute atomic E-state index is 12.5. The van der Waals surface area contributed by atoms with Crippen LogP contribution in [-0.2, 0) is 27.8 Å². The second kappa shape index (κ2) is 5.94. The summed E-state index contributed by atoms with van der Waals surface area (Å²) >= 11 is 4.05. The molecule has 0 radical (unpaired) electrons. The molecule has 0 aliphatic rings. The molecule has 20 heavy (non-hydrogen) atoms. The standard InChI is InChI=1S/C8H11FN5O4PS/c9-19(16,20)18-2-1-17-4-14-3-11-5-6(14)12-8(10)13-7(5)15/h3H,1-2,4H2,(H,16,20)(H3,10,12,13,15). The van der Waals surface area contributed by atoms with Gasteiger partial charge in [-0.1, -0.05) is 0 Å². The summed E-state index contributed by atoms with van der Waals surface area (Å²) in [6.45, 7) is -4.33. The van der Waals surface area contributed by atoms with Gasteiger partial charge < -0.3 is 19.9 Å². The van der Waals surface area contributed by atoms with Crippen LogP contribution in [0.1, 0.15) is 0 Å². The number of hydrogen-bond acceptors (Lipinski definition) is 7. The third-order valence-electron chi connectivity index (χ3n) is 2.20. The molecule has 1 atom stereocenters. The fraction of sp³-hybridized carbons (Fsp3) is 0.375. The number of anilines is 1. The van der Waals surface area contributed by atoms with Crippen molar-refractivity contribution in [1.82, 2.24) is 19.5 Å². The lowest BCUT2D eigenvalue weighted by molar-refractivity contribution is 0.0540. The van der Waals surface area contributed by atoms with Crippen molar-refractivity contribution >= 4 is 35.7 Å². The predicted octanol–water partition coefficient (Wildman–Crippen LogP) is -0.121. The van der Waals surface area contributed by atoms with Crippen molar-refractivity contribution in [3.8, 4) is 0 Å². The van der Waals surface area contributed by atoms with E-state index in [9.17, 15) is 8.99 Å². The zero-order valence-electron chi connectivity index (χ0n) is 10.0. The minimum atomic E-state index is -4.16. The molecule has 0 saturated carbocycles. The largest absolute Gasteiger partial charge is 0.369 e. The summed E-state index contributed by atoms with van der Waals surface area (Å²) < 4.78 is 23.5. The third kappa shape index (κ3) is 3.81. The number of halogens is 1. The average Bonchev–Trinajstić information content (AvgIpc) is 2.70. The van der Waals surface area contributed by atoms with Gasteiger partial charge in [-0.3, -0.25) is 14.3 Å². The summed E-state index contributed by atoms with van der Waals surface area (Å²) in [4.78, 5) is 30.2. The van der Waals surface area contributed by atoms with Crippen LogP contribution in [0.3, 0.4) is 0 Å². The maximum atomic E-state index is 12.5. The van der Waals surface area contributed by atoms with E-state index in [1.807, 2.05) is 0 Å². The summed E-state index contributed by atoms with van der Waals surface area (Å²) in [5.41, 5.74) is 5.38. The SMILES string of the molecule is Nc1nc2c(ncn2COCCOP(O)(F)=S)c(=O)[nH]1. The molecule has 2 rings (SSSR count). The van der Waals surface area contributed by atoms with Gasteiger partial charge in [-0.15, -0.1) is 0 Å². The van der Waals surface area contributed by atoms with Gasteiger partial charge in [0.1, 0.15) is 6.73 Å². The highest BCUT2D eigenvalue weighted by Gasteiger charge is 2.11. The summed E-state index contributed by atoms with van der Waals surface area (Å²) in [5, 5.41) is 0. The Morgan fingerprint density at radius 1 is 1.60 bits per heavy atom. The molecular weight excluding hydrogens is 312 g/mol. The van der Waals surface area contributed by atoms with Crippen molar-refractivity contribution in [2.45, 2.75) is 6.73 Å². The van der Waals surface area contributed by atoms with Crippen molar-refractivity contribution in [2.24, 2.45) is 0 Å². The molecule has 2 aromatic rings. The Balaban J connectivity index is 1.97. The molecule has 2 heterocycles. The van der Waals surface area contributed by atoms with E-state index >= 15 is 0 Å². The fourth-order valence-electron chi connectivity index (χ4n) is 1.44. The van der Waals surface area contributed by atoms with Crippen LogP contribution < -0.4 is 11.3 Å². The highest BCUT2D eigenvalue weighted by atomic mass is 32.5. The van der Waals surface area contributed by atoms with Crippen LogP contribution in [0, 0.1) is 0 Å². The zero-order chi connectivity index (χ0) is 14.8. The van der Waals surface area contributed by atoms with Crippen LogP contribution in [0.25, 0.3) is 11.2 Å². The maximum Gasteiger partial charge on any atom is 0.363 e. The molecule has 12 heteroatoms. The summed E-state index contributed by atoms with van der Waals surface area (Å²) in [7, 11) is 0. The third-order valence-corrected chi connectivity index (χ3v) is 3.02. The number of nitrogens with two attached hydrogens (primary N) is 1. The normalized spacial score (nSPS) is 14.5. The Morgan fingerprint density at radius 3 is 3.05 bits per heavy atom. The Labute approximate surface area is 116 Å². The Hall–Kier alpha value is -1.39. The number of H-pyrrole nitrogens is 1. The van der Waals surface area contributed by atoms with Gasteiger partial charge in [0.2, 0.25) is 5.95 Å². The number of nitrogen functional groups attached to an aromatic ring is 1. The van der Waals surface area contributed by atoms with Gasteiger partial charge in [0, 0.05) is 0 Å². The minimum Gasteiger partial charge on any atom is -0.369 e. The Bertz CT molecular complexity index is 712. The van der Waals surface area contributed by atoms with E-state index in [1.54, 1.807) is 0 Å². The van der Waals surface area contributed by atoms with Crippen LogP contribution in [-0.4, -0.2) is 37.6 Å². The first-order chi connectivity index (χ1) is 9.37. The lowest BCUT2D eigenvalue weighted by Crippen LogP contribution is -2.13. The van der Waals surface area contributed by atoms with Gasteiger partial charge in [-0.2, -0.15) is 9.18 Å². The lowest BCUT2D eigenvalue weighted by Gasteiger charge is -2.08. The fourth-order valence-corrected chi connectivity index (χ4v) is 1.96. The smallest absolute Gasteiger partial charge is 0.363 e. The quantitative estimate of drug-likeness (QED) is 0.496. The van der Waals surface area contributed by atoms with E-state index in [0.29, 0.717) is 0 Å². The Kier molecular flexibility index (Phi) is 4.45. The predicted molar refractivity (Wildman–Crippen MR) is 72.1 cm³/mol. The van der Waals surface area contributed by atoms with E-state index in [2.05, 4.69) is 31.3 Å². The number of aromatic amines is 1. The van der Waals surface area contributed by atoms with Gasteiger partial charge >= 0.3 is 6.80 Å². The van der Waals surface area contributed by atoms with E-state index in [-0.39, 0.29) is 37.1 Å². The van der Waals surface area contributed by atoms with Crippen LogP contribution in [0.2, 0.25) is 0 Å². The zero-order valence-corrected chi connectivity index (χ0v) is 11.7. The van der Waals surface area contributed by atoms with Crippen molar-refractivity contribution < 1.29 is 18.4 Å². The van der Waals surface area contributed by atoms with Crippen LogP contribution >= 0.6 is 6.80 Å². The van der Waals surface area contributed by atoms with Crippen LogP contribution in [0.5, 0.6) is 0 Å². The number of fused-ring (bicyclic) bond motifs is 1. The second-order valence-electron chi connectivity index (χ2n) is 3.66. The number of aromatic nitrogens is 4. The van der Waals surface area contributed by atoms with Crippen molar-refractivity contribution in [1.29, 1.82) is 0 Å². The van der Waals surface area contributed by atoms with Crippen molar-refractivity contribution in [3.63, 3.8) is 0 Å². The highest BCUT2D eigenvalue weighted by molar-refractivity contribution is 8.06. The average molecular weight is 323 g/mol. The molecule has 0 bridgehead atoms. The summed E-state index contributed by atoms with van der Waals surface area (Å²) in [5.74, 6) is -0.0361. The number of hydrogen-bond donors (Lipinski definition) is 3. The van der Waals surface area contributed by atoms with E-state index in [4.69, 9.17) is 15.4 Å². The van der Waals surface area contributed by atoms with E-state index < -0.39 is 12.4 Å². The second-order valence-corrected chi connectivity index (χ2v) is 6.17. The molecule has 2 aromatic heterocycles. The van der Waals surface area contributed by atoms with E-state index in [1.165, 1.54) is 10.9 Å². The lowest BCUT2D eigenvalue weighted by atomic mass is 10.5. The number of ether oxygens (including phenoxy) is 1. The summed E-state index contributed by atoms with van der Waals surface area (Å²) in [6, 6.07) is 0. The van der Waals surface area contributed by atoms with Crippen LogP contribution in [0.4, 0.5) is 10.1 Å². The molecule has 0 saturated heterocycles. The van der Waals surface area contributed by atoms with Gasteiger partial charge in [0.05, 0.1) is 19.5 Å². The molecule has 110 valence electrons. The first-order valence-corrected chi connectivity index (χ1v) is 7.88. The molecule has 0 fully saturated rings. The molecule has 0 spiro atoms. The minimum absolute atomic E-state index is 0.00121. The molecule has 0 aliphatic heterocycles. The van der Waals surface area contributed by atoms with E-state index in [0.717, 1.165) is 0 Å². The molecule has 9 nitrogen and oxygen atoms in total.